The molecule has 0 spiro atoms. The van der Waals surface area contributed by atoms with Crippen LogP contribution in [-0.4, -0.2) is 39.9 Å². The van der Waals surface area contributed by atoms with Gasteiger partial charge in [0.2, 0.25) is 5.95 Å². The number of nitrogens with zero attached hydrogens (tertiary/aromatic N) is 4. The fourth-order valence-electron chi connectivity index (χ4n) is 2.77. The van der Waals surface area contributed by atoms with E-state index in [2.05, 4.69) is 15.1 Å². The third-order valence-electron chi connectivity index (χ3n) is 4.04. The summed E-state index contributed by atoms with van der Waals surface area (Å²) in [6.45, 7) is 1.66. The highest BCUT2D eigenvalue weighted by molar-refractivity contribution is 6.34. The molecule has 0 fully saturated rings. The molecule has 3 aromatic rings. The number of hydrogen-bond acceptors (Lipinski definition) is 7. The van der Waals surface area contributed by atoms with Crippen LogP contribution in [0.25, 0.3) is 11.0 Å². The summed E-state index contributed by atoms with van der Waals surface area (Å²) in [5, 5.41) is 4.93. The molecule has 8 nitrogen and oxygen atoms in total. The summed E-state index contributed by atoms with van der Waals surface area (Å²) >= 11 is 6.12. The van der Waals surface area contributed by atoms with Crippen LogP contribution >= 0.6 is 11.6 Å². The van der Waals surface area contributed by atoms with E-state index in [1.807, 2.05) is 0 Å². The number of rotatable bonds is 4. The number of esters is 1. The highest BCUT2D eigenvalue weighted by atomic mass is 35.5. The summed E-state index contributed by atoms with van der Waals surface area (Å²) in [7, 11) is 2.83. The molecule has 0 radical (unpaired) electrons. The third-order valence-corrected chi connectivity index (χ3v) is 4.33. The summed E-state index contributed by atoms with van der Waals surface area (Å²) in [6, 6.07) is 7.10. The van der Waals surface area contributed by atoms with Crippen molar-refractivity contribution in [3.05, 3.63) is 41.2 Å². The fourth-order valence-corrected chi connectivity index (χ4v) is 2.99. The van der Waals surface area contributed by atoms with Crippen molar-refractivity contribution in [3.63, 3.8) is 0 Å². The maximum Gasteiger partial charge on any atom is 0.338 e. The summed E-state index contributed by atoms with van der Waals surface area (Å²) < 4.78 is 11.9. The number of carbonyl (C=O) groups is 1. The maximum atomic E-state index is 12.8. The smallest absolute Gasteiger partial charge is 0.338 e. The van der Waals surface area contributed by atoms with Crippen molar-refractivity contribution in [1.82, 2.24) is 19.7 Å². The Kier molecular flexibility index (Phi) is 4.22. The number of fused-ring (bicyclic) bond motifs is 1. The van der Waals surface area contributed by atoms with Gasteiger partial charge in [0.05, 0.1) is 25.8 Å². The van der Waals surface area contributed by atoms with Gasteiger partial charge in [0.25, 0.3) is 0 Å². The monoisotopic (exact) mass is 361 g/mol. The van der Waals surface area contributed by atoms with Gasteiger partial charge in [0, 0.05) is 5.56 Å². The summed E-state index contributed by atoms with van der Waals surface area (Å²) in [5.74, 6) is -0.0611. The Morgan fingerprint density at radius 2 is 2.00 bits per heavy atom. The second kappa shape index (κ2) is 6.21. The molecule has 3 rings (SSSR count). The largest absolute Gasteiger partial charge is 0.496 e. The van der Waals surface area contributed by atoms with Crippen LogP contribution in [0.3, 0.4) is 0 Å². The molecule has 1 atom stereocenters. The Morgan fingerprint density at radius 3 is 2.68 bits per heavy atom. The molecule has 0 saturated heterocycles. The van der Waals surface area contributed by atoms with Crippen LogP contribution in [0, 0.1) is 0 Å². The number of halogens is 1. The molecule has 2 aromatic heterocycles. The molecule has 2 N–H and O–H groups in total. The Labute approximate surface area is 148 Å². The molecule has 25 heavy (non-hydrogen) atoms. The summed E-state index contributed by atoms with van der Waals surface area (Å²) in [4.78, 5) is 20.9. The topological polar surface area (TPSA) is 105 Å². The molecule has 0 bridgehead atoms. The van der Waals surface area contributed by atoms with Gasteiger partial charge in [-0.05, 0) is 13.0 Å². The first-order valence-corrected chi connectivity index (χ1v) is 7.70. The summed E-state index contributed by atoms with van der Waals surface area (Å²) in [5.41, 5.74) is 5.23. The highest BCUT2D eigenvalue weighted by Crippen LogP contribution is 2.36. The molecule has 0 saturated carbocycles. The number of aromatic nitrogens is 4. The SMILES string of the molecule is COC(=O)C(C)(c1ccccc1OC)n1ncc2c(Cl)nc(N)nc21. The Morgan fingerprint density at radius 1 is 1.28 bits per heavy atom. The minimum Gasteiger partial charge on any atom is -0.496 e. The predicted molar refractivity (Wildman–Crippen MR) is 92.5 cm³/mol. The number of benzene rings is 1. The number of carbonyl (C=O) groups excluding carboxylic acids is 1. The van der Waals surface area contributed by atoms with Crippen LogP contribution < -0.4 is 10.5 Å². The second-order valence-electron chi connectivity index (χ2n) is 5.43. The number of nitrogen functional groups attached to an aromatic ring is 1. The molecule has 9 heteroatoms. The van der Waals surface area contributed by atoms with E-state index in [9.17, 15) is 4.79 Å². The lowest BCUT2D eigenvalue weighted by Gasteiger charge is -2.29. The van der Waals surface area contributed by atoms with Crippen LogP contribution in [0.15, 0.2) is 30.5 Å². The molecule has 0 aliphatic carbocycles. The maximum absolute atomic E-state index is 12.8. The zero-order valence-electron chi connectivity index (χ0n) is 13.9. The standard InChI is InChI=1S/C16H16ClN5O3/c1-16(14(23)25-3,10-6-4-5-7-11(10)24-2)22-13-9(8-19-22)12(17)20-15(18)21-13/h4-8H,1-3H3,(H2,18,20,21). The van der Waals surface area contributed by atoms with Crippen molar-refractivity contribution in [1.29, 1.82) is 0 Å². The van der Waals surface area contributed by atoms with Gasteiger partial charge < -0.3 is 15.2 Å². The first-order chi connectivity index (χ1) is 11.9. The molecule has 0 amide bonds. The second-order valence-corrected chi connectivity index (χ2v) is 5.79. The van der Waals surface area contributed by atoms with Gasteiger partial charge in [-0.3, -0.25) is 0 Å². The van der Waals surface area contributed by atoms with E-state index < -0.39 is 11.5 Å². The number of methoxy groups -OCH3 is 2. The highest BCUT2D eigenvalue weighted by Gasteiger charge is 2.43. The van der Waals surface area contributed by atoms with Gasteiger partial charge in [-0.25, -0.2) is 14.5 Å². The van der Waals surface area contributed by atoms with Crippen molar-refractivity contribution >= 4 is 34.6 Å². The zero-order valence-corrected chi connectivity index (χ0v) is 14.6. The lowest BCUT2D eigenvalue weighted by atomic mass is 9.91. The molecule has 2 heterocycles. The number of para-hydroxylation sites is 1. The third kappa shape index (κ3) is 2.54. The number of anilines is 1. The number of nitrogens with two attached hydrogens (primary N) is 1. The lowest BCUT2D eigenvalue weighted by molar-refractivity contribution is -0.148. The van der Waals surface area contributed by atoms with E-state index in [-0.39, 0.29) is 11.1 Å². The summed E-state index contributed by atoms with van der Waals surface area (Å²) in [6.07, 6.45) is 1.48. The van der Waals surface area contributed by atoms with Crippen LogP contribution in [0.1, 0.15) is 12.5 Å². The van der Waals surface area contributed by atoms with Crippen LogP contribution in [0.5, 0.6) is 5.75 Å². The van der Waals surface area contributed by atoms with Gasteiger partial charge >= 0.3 is 5.97 Å². The Hall–Kier alpha value is -2.87. The Balaban J connectivity index is 2.37. The molecule has 0 aliphatic rings. The van der Waals surface area contributed by atoms with Crippen molar-refractivity contribution in [2.75, 3.05) is 20.0 Å². The van der Waals surface area contributed by atoms with Crippen LogP contribution in [0.2, 0.25) is 5.15 Å². The van der Waals surface area contributed by atoms with Gasteiger partial charge in [0.1, 0.15) is 10.9 Å². The molecular formula is C16H16ClN5O3. The van der Waals surface area contributed by atoms with E-state index >= 15 is 0 Å². The molecular weight excluding hydrogens is 346 g/mol. The lowest BCUT2D eigenvalue weighted by Crippen LogP contribution is -2.42. The van der Waals surface area contributed by atoms with Gasteiger partial charge in [0.15, 0.2) is 11.2 Å². The average Bonchev–Trinajstić information content (AvgIpc) is 3.04. The van der Waals surface area contributed by atoms with Crippen molar-refractivity contribution < 1.29 is 14.3 Å². The minimum atomic E-state index is -1.35. The molecule has 0 aliphatic heterocycles. The van der Waals surface area contributed by atoms with Gasteiger partial charge in [-0.2, -0.15) is 10.1 Å². The molecule has 1 unspecified atom stereocenters. The van der Waals surface area contributed by atoms with Gasteiger partial charge in [-0.15, -0.1) is 0 Å². The minimum absolute atomic E-state index is 0.0218. The van der Waals surface area contributed by atoms with Crippen molar-refractivity contribution in [2.45, 2.75) is 12.5 Å². The van der Waals surface area contributed by atoms with E-state index in [1.165, 1.54) is 25.1 Å². The van der Waals surface area contributed by atoms with Crippen molar-refractivity contribution in [3.8, 4) is 5.75 Å². The first kappa shape index (κ1) is 17.0. The first-order valence-electron chi connectivity index (χ1n) is 7.32. The number of hydrogen-bond donors (Lipinski definition) is 1. The number of ether oxygens (including phenoxy) is 2. The zero-order chi connectivity index (χ0) is 18.2. The van der Waals surface area contributed by atoms with Crippen LogP contribution in [0.4, 0.5) is 5.95 Å². The predicted octanol–water partition coefficient (Wildman–Crippen LogP) is 2.01. The van der Waals surface area contributed by atoms with Crippen molar-refractivity contribution in [2.24, 2.45) is 0 Å². The van der Waals surface area contributed by atoms with Gasteiger partial charge in [-0.1, -0.05) is 29.8 Å². The van der Waals surface area contributed by atoms with E-state index in [4.69, 9.17) is 26.8 Å². The average molecular weight is 362 g/mol. The van der Waals surface area contributed by atoms with E-state index in [0.29, 0.717) is 22.3 Å². The Bertz CT molecular complexity index is 958. The quantitative estimate of drug-likeness (QED) is 0.559. The van der Waals surface area contributed by atoms with Crippen LogP contribution in [-0.2, 0) is 15.1 Å². The van der Waals surface area contributed by atoms with E-state index in [1.54, 1.807) is 31.2 Å². The molecule has 130 valence electrons. The fraction of sp³-hybridized carbons (Fsp3) is 0.250. The van der Waals surface area contributed by atoms with E-state index in [0.717, 1.165) is 0 Å². The molecule has 1 aromatic carbocycles. The normalized spacial score (nSPS) is 13.4.